The summed E-state index contributed by atoms with van der Waals surface area (Å²) in [4.78, 5) is 14.0. The Hall–Kier alpha value is -1.86. The van der Waals surface area contributed by atoms with Gasteiger partial charge in [-0.15, -0.1) is 0 Å². The molecule has 0 bridgehead atoms. The lowest BCUT2D eigenvalue weighted by Gasteiger charge is -2.31. The molecule has 0 radical (unpaired) electrons. The van der Waals surface area contributed by atoms with E-state index in [9.17, 15) is 4.79 Å². The fourth-order valence-corrected chi connectivity index (χ4v) is 1.76. The number of anilines is 1. The predicted molar refractivity (Wildman–Crippen MR) is 72.0 cm³/mol. The van der Waals surface area contributed by atoms with Crippen LogP contribution < -0.4 is 10.6 Å². The van der Waals surface area contributed by atoms with Gasteiger partial charge in [-0.25, -0.2) is 0 Å². The molecule has 1 aromatic rings. The van der Waals surface area contributed by atoms with Crippen molar-refractivity contribution >= 4 is 11.6 Å². The Kier molecular flexibility index (Phi) is 4.46. The van der Waals surface area contributed by atoms with E-state index in [-0.39, 0.29) is 5.91 Å². The van der Waals surface area contributed by atoms with Crippen molar-refractivity contribution < 1.29 is 4.79 Å². The molecule has 18 heavy (non-hydrogen) atoms. The van der Waals surface area contributed by atoms with Crippen molar-refractivity contribution in [2.75, 3.05) is 18.5 Å². The van der Waals surface area contributed by atoms with Crippen molar-refractivity contribution in [3.63, 3.8) is 0 Å². The molecule has 0 spiro atoms. The van der Waals surface area contributed by atoms with Gasteiger partial charge >= 0.3 is 0 Å². The second kappa shape index (κ2) is 5.65. The molecule has 1 rings (SSSR count). The second-order valence-corrected chi connectivity index (χ2v) is 4.61. The molecule has 4 nitrogen and oxygen atoms in total. The minimum absolute atomic E-state index is 0.0600. The molecule has 2 N–H and O–H groups in total. The number of nitriles is 1. The van der Waals surface area contributed by atoms with Gasteiger partial charge in [-0.3, -0.25) is 4.79 Å². The quantitative estimate of drug-likeness (QED) is 0.880. The monoisotopic (exact) mass is 245 g/mol. The number of carbonyl (C=O) groups is 1. The molecule has 96 valence electrons. The fourth-order valence-electron chi connectivity index (χ4n) is 1.76. The first kappa shape index (κ1) is 14.2. The summed E-state index contributed by atoms with van der Waals surface area (Å²) in [5.74, 6) is -0.0600. The zero-order valence-corrected chi connectivity index (χ0v) is 11.1. The summed E-state index contributed by atoms with van der Waals surface area (Å²) in [6, 6.07) is 9.15. The predicted octanol–water partition coefficient (Wildman–Crippen LogP) is 1.90. The highest BCUT2D eigenvalue weighted by atomic mass is 16.2. The van der Waals surface area contributed by atoms with Crippen LogP contribution in [0.1, 0.15) is 25.8 Å². The van der Waals surface area contributed by atoms with Crippen molar-refractivity contribution in [1.29, 1.82) is 5.26 Å². The van der Waals surface area contributed by atoms with E-state index < -0.39 is 5.41 Å². The van der Waals surface area contributed by atoms with Crippen LogP contribution in [0, 0.1) is 16.7 Å². The van der Waals surface area contributed by atoms with Crippen LogP contribution >= 0.6 is 0 Å². The van der Waals surface area contributed by atoms with Crippen LogP contribution in [0.3, 0.4) is 0 Å². The van der Waals surface area contributed by atoms with Crippen LogP contribution in [0.25, 0.3) is 0 Å². The third-order valence-electron chi connectivity index (χ3n) is 3.44. The van der Waals surface area contributed by atoms with Crippen LogP contribution in [0.15, 0.2) is 24.3 Å². The highest BCUT2D eigenvalue weighted by Gasteiger charge is 2.33. The van der Waals surface area contributed by atoms with Gasteiger partial charge in [-0.1, -0.05) is 19.1 Å². The van der Waals surface area contributed by atoms with E-state index in [1.165, 1.54) is 4.90 Å². The number of carbonyl (C=O) groups excluding carboxylic acids is 1. The largest absolute Gasteiger partial charge is 0.329 e. The van der Waals surface area contributed by atoms with Gasteiger partial charge in [0.1, 0.15) is 6.07 Å². The van der Waals surface area contributed by atoms with Gasteiger partial charge in [0.2, 0.25) is 5.91 Å². The van der Waals surface area contributed by atoms with Gasteiger partial charge in [-0.2, -0.15) is 5.26 Å². The van der Waals surface area contributed by atoms with Crippen molar-refractivity contribution in [3.05, 3.63) is 29.8 Å². The maximum Gasteiger partial charge on any atom is 0.233 e. The molecule has 1 amide bonds. The van der Waals surface area contributed by atoms with E-state index in [0.29, 0.717) is 24.2 Å². The molecule has 0 aliphatic rings. The van der Waals surface area contributed by atoms with Crippen LogP contribution in [0.5, 0.6) is 0 Å². The number of nitrogens with zero attached hydrogens (tertiary/aromatic N) is 2. The summed E-state index contributed by atoms with van der Waals surface area (Å²) < 4.78 is 0. The maximum atomic E-state index is 12.4. The first-order chi connectivity index (χ1) is 8.50. The summed E-state index contributed by atoms with van der Waals surface area (Å²) in [5, 5.41) is 9.05. The number of para-hydroxylation sites is 1. The van der Waals surface area contributed by atoms with E-state index in [4.69, 9.17) is 11.0 Å². The van der Waals surface area contributed by atoms with Crippen molar-refractivity contribution in [2.45, 2.75) is 20.3 Å². The standard InChI is InChI=1S/C14H19N3O/c1-4-14(2,10-16)13(18)17(3)12-8-6-5-7-11(12)9-15/h5-8H,4,10,16H2,1-3H3. The lowest BCUT2D eigenvalue weighted by molar-refractivity contribution is -0.126. The number of amides is 1. The van der Waals surface area contributed by atoms with Gasteiger partial charge < -0.3 is 10.6 Å². The average Bonchev–Trinajstić information content (AvgIpc) is 2.44. The van der Waals surface area contributed by atoms with Gasteiger partial charge in [0, 0.05) is 13.6 Å². The molecular formula is C14H19N3O. The second-order valence-electron chi connectivity index (χ2n) is 4.61. The topological polar surface area (TPSA) is 70.1 Å². The molecule has 0 aliphatic heterocycles. The van der Waals surface area contributed by atoms with Crippen molar-refractivity contribution in [3.8, 4) is 6.07 Å². The first-order valence-electron chi connectivity index (χ1n) is 5.97. The average molecular weight is 245 g/mol. The highest BCUT2D eigenvalue weighted by molar-refractivity contribution is 5.98. The summed E-state index contributed by atoms with van der Waals surface area (Å²) in [7, 11) is 1.68. The number of hydrogen-bond donors (Lipinski definition) is 1. The van der Waals surface area contributed by atoms with E-state index in [1.54, 1.807) is 25.2 Å². The minimum Gasteiger partial charge on any atom is -0.329 e. The Labute approximate surface area is 108 Å². The Morgan fingerprint density at radius 3 is 2.61 bits per heavy atom. The third kappa shape index (κ3) is 2.52. The molecule has 0 saturated carbocycles. The Balaban J connectivity index is 3.12. The van der Waals surface area contributed by atoms with Crippen LogP contribution in [-0.2, 0) is 4.79 Å². The number of benzene rings is 1. The van der Waals surface area contributed by atoms with Gasteiger partial charge in [0.25, 0.3) is 0 Å². The Morgan fingerprint density at radius 2 is 2.11 bits per heavy atom. The molecule has 1 aromatic carbocycles. The Bertz CT molecular complexity index is 472. The molecule has 0 aromatic heterocycles. The summed E-state index contributed by atoms with van der Waals surface area (Å²) >= 11 is 0. The van der Waals surface area contributed by atoms with Crippen molar-refractivity contribution in [2.24, 2.45) is 11.1 Å². The van der Waals surface area contributed by atoms with E-state index in [1.807, 2.05) is 19.9 Å². The first-order valence-corrected chi connectivity index (χ1v) is 5.97. The fraction of sp³-hybridized carbons (Fsp3) is 0.429. The molecule has 0 aliphatic carbocycles. The molecular weight excluding hydrogens is 226 g/mol. The summed E-state index contributed by atoms with van der Waals surface area (Å²) in [5.41, 5.74) is 6.22. The lowest BCUT2D eigenvalue weighted by atomic mass is 9.86. The minimum atomic E-state index is -0.586. The lowest BCUT2D eigenvalue weighted by Crippen LogP contribution is -2.44. The van der Waals surface area contributed by atoms with Gasteiger partial charge in [0.05, 0.1) is 16.7 Å². The highest BCUT2D eigenvalue weighted by Crippen LogP contribution is 2.27. The number of rotatable bonds is 4. The van der Waals surface area contributed by atoms with Crippen LogP contribution in [0.4, 0.5) is 5.69 Å². The summed E-state index contributed by atoms with van der Waals surface area (Å²) in [6.45, 7) is 4.08. The Morgan fingerprint density at radius 1 is 1.50 bits per heavy atom. The maximum absolute atomic E-state index is 12.4. The third-order valence-corrected chi connectivity index (χ3v) is 3.44. The van der Waals surface area contributed by atoms with Crippen molar-refractivity contribution in [1.82, 2.24) is 0 Å². The molecule has 1 unspecified atom stereocenters. The van der Waals surface area contributed by atoms with E-state index >= 15 is 0 Å². The van der Waals surface area contributed by atoms with Crippen LogP contribution in [0.2, 0.25) is 0 Å². The summed E-state index contributed by atoms with van der Waals surface area (Å²) in [6.07, 6.45) is 0.668. The zero-order chi connectivity index (χ0) is 13.8. The number of hydrogen-bond acceptors (Lipinski definition) is 3. The van der Waals surface area contributed by atoms with Gasteiger partial charge in [0.15, 0.2) is 0 Å². The SMILES string of the molecule is CCC(C)(CN)C(=O)N(C)c1ccccc1C#N. The molecule has 0 fully saturated rings. The van der Waals surface area contributed by atoms with Crippen LogP contribution in [-0.4, -0.2) is 19.5 Å². The van der Waals surface area contributed by atoms with E-state index in [2.05, 4.69) is 6.07 Å². The van der Waals surface area contributed by atoms with E-state index in [0.717, 1.165) is 0 Å². The smallest absolute Gasteiger partial charge is 0.233 e. The van der Waals surface area contributed by atoms with Gasteiger partial charge in [-0.05, 0) is 25.5 Å². The molecule has 4 heteroatoms. The zero-order valence-electron chi connectivity index (χ0n) is 11.1. The number of nitrogens with two attached hydrogens (primary N) is 1. The normalized spacial score (nSPS) is 13.5. The molecule has 0 heterocycles. The molecule has 1 atom stereocenters. The molecule has 0 saturated heterocycles.